The zero-order valence-electron chi connectivity index (χ0n) is 12.6. The third-order valence-corrected chi connectivity index (χ3v) is 4.94. The average Bonchev–Trinajstić information content (AvgIpc) is 2.49. The molecule has 0 bridgehead atoms. The molecule has 0 amide bonds. The van der Waals surface area contributed by atoms with Gasteiger partial charge in [0.1, 0.15) is 5.78 Å². The SMILES string of the molecule is COC(OC)C(=O)C1CCCC(C2CCCCC2)C1=O. The molecule has 2 unspecified atom stereocenters. The van der Waals surface area contributed by atoms with Crippen LogP contribution in [0.25, 0.3) is 0 Å². The van der Waals surface area contributed by atoms with Gasteiger partial charge in [0, 0.05) is 20.1 Å². The molecule has 0 aromatic carbocycles. The molecule has 0 N–H and O–H groups in total. The number of ether oxygens (including phenoxy) is 2. The van der Waals surface area contributed by atoms with E-state index in [0.29, 0.717) is 12.3 Å². The highest BCUT2D eigenvalue weighted by molar-refractivity contribution is 6.05. The van der Waals surface area contributed by atoms with E-state index in [1.54, 1.807) is 0 Å². The Morgan fingerprint density at radius 2 is 1.65 bits per heavy atom. The molecule has 0 saturated heterocycles. The number of carbonyl (C=O) groups is 2. The number of Topliss-reactive ketones (excluding diaryl/α,β-unsaturated/α-hetero) is 2. The van der Waals surface area contributed by atoms with Gasteiger partial charge >= 0.3 is 0 Å². The molecule has 0 radical (unpaired) electrons. The summed E-state index contributed by atoms with van der Waals surface area (Å²) in [5.74, 6) is 0.0242. The first-order valence-electron chi connectivity index (χ1n) is 7.82. The molecule has 2 aliphatic carbocycles. The fourth-order valence-corrected chi connectivity index (χ4v) is 3.86. The van der Waals surface area contributed by atoms with E-state index in [1.165, 1.54) is 33.5 Å². The molecule has 4 heteroatoms. The lowest BCUT2D eigenvalue weighted by Crippen LogP contribution is -2.42. The summed E-state index contributed by atoms with van der Waals surface area (Å²) in [4.78, 5) is 25.0. The fraction of sp³-hybridized carbons (Fsp3) is 0.875. The van der Waals surface area contributed by atoms with Gasteiger partial charge < -0.3 is 9.47 Å². The quantitative estimate of drug-likeness (QED) is 0.574. The van der Waals surface area contributed by atoms with Gasteiger partial charge in [-0.05, 0) is 31.6 Å². The number of carbonyl (C=O) groups excluding carboxylic acids is 2. The number of ketones is 2. The van der Waals surface area contributed by atoms with E-state index >= 15 is 0 Å². The largest absolute Gasteiger partial charge is 0.349 e. The summed E-state index contributed by atoms with van der Waals surface area (Å²) in [5.41, 5.74) is 0. The Morgan fingerprint density at radius 3 is 2.25 bits per heavy atom. The van der Waals surface area contributed by atoms with Gasteiger partial charge in [0.2, 0.25) is 6.29 Å². The smallest absolute Gasteiger partial charge is 0.218 e. The summed E-state index contributed by atoms with van der Waals surface area (Å²) in [6, 6.07) is 0. The summed E-state index contributed by atoms with van der Waals surface area (Å²) in [6.07, 6.45) is 7.72. The van der Waals surface area contributed by atoms with Crippen LogP contribution in [-0.4, -0.2) is 32.1 Å². The van der Waals surface area contributed by atoms with Crippen LogP contribution in [0.3, 0.4) is 0 Å². The average molecular weight is 282 g/mol. The minimum atomic E-state index is -0.894. The van der Waals surface area contributed by atoms with Crippen molar-refractivity contribution in [2.45, 2.75) is 57.7 Å². The maximum absolute atomic E-state index is 12.7. The first kappa shape index (κ1) is 15.6. The van der Waals surface area contributed by atoms with Crippen molar-refractivity contribution in [3.05, 3.63) is 0 Å². The first-order chi connectivity index (χ1) is 9.69. The van der Waals surface area contributed by atoms with Crippen LogP contribution in [0.2, 0.25) is 0 Å². The third-order valence-electron chi connectivity index (χ3n) is 4.94. The second-order valence-electron chi connectivity index (χ2n) is 6.10. The molecule has 0 heterocycles. The Kier molecular flexibility index (Phi) is 5.73. The normalized spacial score (nSPS) is 28.9. The van der Waals surface area contributed by atoms with Crippen LogP contribution in [0, 0.1) is 17.8 Å². The summed E-state index contributed by atoms with van der Waals surface area (Å²) in [5, 5.41) is 0. The van der Waals surface area contributed by atoms with Crippen LogP contribution in [0.4, 0.5) is 0 Å². The Hall–Kier alpha value is -0.740. The summed E-state index contributed by atoms with van der Waals surface area (Å²) >= 11 is 0. The van der Waals surface area contributed by atoms with Crippen molar-refractivity contribution in [2.24, 2.45) is 17.8 Å². The van der Waals surface area contributed by atoms with Gasteiger partial charge in [-0.2, -0.15) is 0 Å². The lowest BCUT2D eigenvalue weighted by atomic mass is 9.68. The molecule has 20 heavy (non-hydrogen) atoms. The van der Waals surface area contributed by atoms with Crippen molar-refractivity contribution in [2.75, 3.05) is 14.2 Å². The van der Waals surface area contributed by atoms with Crippen LogP contribution in [0.5, 0.6) is 0 Å². The zero-order chi connectivity index (χ0) is 14.5. The number of rotatable bonds is 5. The number of hydrogen-bond donors (Lipinski definition) is 0. The van der Waals surface area contributed by atoms with E-state index < -0.39 is 12.2 Å². The molecule has 0 aromatic heterocycles. The monoisotopic (exact) mass is 282 g/mol. The van der Waals surface area contributed by atoms with E-state index in [2.05, 4.69) is 0 Å². The molecule has 2 rings (SSSR count). The van der Waals surface area contributed by atoms with Gasteiger partial charge in [-0.15, -0.1) is 0 Å². The topological polar surface area (TPSA) is 52.6 Å². The second-order valence-corrected chi connectivity index (χ2v) is 6.10. The van der Waals surface area contributed by atoms with Crippen LogP contribution in [0.1, 0.15) is 51.4 Å². The van der Waals surface area contributed by atoms with Crippen molar-refractivity contribution >= 4 is 11.6 Å². The molecule has 0 aliphatic heterocycles. The highest BCUT2D eigenvalue weighted by Crippen LogP contribution is 2.38. The maximum Gasteiger partial charge on any atom is 0.218 e. The van der Waals surface area contributed by atoms with Crippen LogP contribution in [0.15, 0.2) is 0 Å². The first-order valence-corrected chi connectivity index (χ1v) is 7.82. The van der Waals surface area contributed by atoms with E-state index in [9.17, 15) is 9.59 Å². The Balaban J connectivity index is 2.04. The van der Waals surface area contributed by atoms with Gasteiger partial charge in [-0.25, -0.2) is 0 Å². The van der Waals surface area contributed by atoms with Crippen molar-refractivity contribution in [1.29, 1.82) is 0 Å². The van der Waals surface area contributed by atoms with Crippen molar-refractivity contribution in [3.63, 3.8) is 0 Å². The molecule has 2 atom stereocenters. The lowest BCUT2D eigenvalue weighted by Gasteiger charge is -2.35. The molecule has 114 valence electrons. The zero-order valence-corrected chi connectivity index (χ0v) is 12.6. The summed E-state index contributed by atoms with van der Waals surface area (Å²) < 4.78 is 10.0. The van der Waals surface area contributed by atoms with Gasteiger partial charge in [0.15, 0.2) is 5.78 Å². The van der Waals surface area contributed by atoms with E-state index in [0.717, 1.165) is 25.7 Å². The Bertz CT molecular complexity index is 342. The number of hydrogen-bond acceptors (Lipinski definition) is 4. The standard InChI is InChI=1S/C16H26O4/c1-19-16(20-2)15(18)13-10-6-9-12(14(13)17)11-7-4-3-5-8-11/h11-13,16H,3-10H2,1-2H3. The predicted molar refractivity (Wildman–Crippen MR) is 75.2 cm³/mol. The molecule has 0 spiro atoms. The van der Waals surface area contributed by atoms with Gasteiger partial charge in [-0.3, -0.25) is 9.59 Å². The molecule has 4 nitrogen and oxygen atoms in total. The van der Waals surface area contributed by atoms with Crippen LogP contribution < -0.4 is 0 Å². The maximum atomic E-state index is 12.7. The second kappa shape index (κ2) is 7.32. The van der Waals surface area contributed by atoms with Gasteiger partial charge in [-0.1, -0.05) is 25.7 Å². The number of methoxy groups -OCH3 is 2. The molecular formula is C16H26O4. The van der Waals surface area contributed by atoms with Crippen molar-refractivity contribution < 1.29 is 19.1 Å². The van der Waals surface area contributed by atoms with Crippen molar-refractivity contribution in [1.82, 2.24) is 0 Å². The molecule has 0 aromatic rings. The highest BCUT2D eigenvalue weighted by Gasteiger charge is 2.41. The third kappa shape index (κ3) is 3.29. The minimum Gasteiger partial charge on any atom is -0.349 e. The lowest BCUT2D eigenvalue weighted by molar-refractivity contribution is -0.165. The van der Waals surface area contributed by atoms with Crippen molar-refractivity contribution in [3.8, 4) is 0 Å². The predicted octanol–water partition coefficient (Wildman–Crippen LogP) is 2.74. The van der Waals surface area contributed by atoms with E-state index in [-0.39, 0.29) is 17.5 Å². The summed E-state index contributed by atoms with van der Waals surface area (Å²) in [7, 11) is 2.88. The minimum absolute atomic E-state index is 0.0902. The van der Waals surface area contributed by atoms with Crippen LogP contribution >= 0.6 is 0 Å². The van der Waals surface area contributed by atoms with E-state index in [4.69, 9.17) is 9.47 Å². The molecule has 2 aliphatic rings. The highest BCUT2D eigenvalue weighted by atomic mass is 16.7. The Morgan fingerprint density at radius 1 is 1.00 bits per heavy atom. The fourth-order valence-electron chi connectivity index (χ4n) is 3.86. The summed E-state index contributed by atoms with van der Waals surface area (Å²) in [6.45, 7) is 0. The molecular weight excluding hydrogens is 256 g/mol. The molecule has 2 saturated carbocycles. The molecule has 2 fully saturated rings. The Labute approximate surface area is 121 Å². The van der Waals surface area contributed by atoms with Gasteiger partial charge in [0.25, 0.3) is 0 Å². The van der Waals surface area contributed by atoms with E-state index in [1.807, 2.05) is 0 Å². The van der Waals surface area contributed by atoms with Crippen LogP contribution in [-0.2, 0) is 19.1 Å². The van der Waals surface area contributed by atoms with Gasteiger partial charge in [0.05, 0.1) is 5.92 Å².